The molecule has 0 aliphatic carbocycles. The second-order valence-corrected chi connectivity index (χ2v) is 3.85. The van der Waals surface area contributed by atoms with Crippen LogP contribution >= 0.6 is 0 Å². The van der Waals surface area contributed by atoms with Crippen molar-refractivity contribution in [3.63, 3.8) is 0 Å². The van der Waals surface area contributed by atoms with Crippen LogP contribution in [0.1, 0.15) is 21.7 Å². The lowest BCUT2D eigenvalue weighted by atomic mass is 10.2. The summed E-state index contributed by atoms with van der Waals surface area (Å²) in [5.74, 6) is -0.306. The van der Waals surface area contributed by atoms with Gasteiger partial charge in [0.1, 0.15) is 5.69 Å². The number of hydrogen-bond acceptors (Lipinski definition) is 4. The fourth-order valence-corrected chi connectivity index (χ4v) is 1.40. The van der Waals surface area contributed by atoms with Crippen molar-refractivity contribution in [3.05, 3.63) is 53.6 Å². The first-order valence-electron chi connectivity index (χ1n) is 5.49. The van der Waals surface area contributed by atoms with Crippen molar-refractivity contribution in [2.24, 2.45) is 0 Å². The molecule has 0 radical (unpaired) electrons. The number of aryl methyl sites for hydroxylation is 1. The maximum absolute atomic E-state index is 11.8. The van der Waals surface area contributed by atoms with Gasteiger partial charge < -0.3 is 10.4 Å². The first-order chi connectivity index (χ1) is 8.69. The van der Waals surface area contributed by atoms with Crippen LogP contribution < -0.4 is 5.32 Å². The number of aliphatic hydroxyl groups is 1. The van der Waals surface area contributed by atoms with Crippen LogP contribution in [0, 0.1) is 6.92 Å². The molecule has 0 unspecified atom stereocenters. The Hall–Kier alpha value is -2.27. The molecule has 1 heterocycles. The summed E-state index contributed by atoms with van der Waals surface area (Å²) in [5, 5.41) is 11.6. The SMILES string of the molecule is Cc1cnc(C(=O)Nc2ccc(CO)cc2)cn1. The van der Waals surface area contributed by atoms with Crippen molar-refractivity contribution in [3.8, 4) is 0 Å². The van der Waals surface area contributed by atoms with E-state index in [1.807, 2.05) is 6.92 Å². The van der Waals surface area contributed by atoms with Crippen molar-refractivity contribution >= 4 is 11.6 Å². The molecule has 0 spiro atoms. The number of rotatable bonds is 3. The molecule has 1 aromatic carbocycles. The van der Waals surface area contributed by atoms with Gasteiger partial charge in [-0.05, 0) is 24.6 Å². The van der Waals surface area contributed by atoms with E-state index in [9.17, 15) is 4.79 Å². The first kappa shape index (κ1) is 12.2. The number of benzene rings is 1. The van der Waals surface area contributed by atoms with Crippen LogP contribution in [0.4, 0.5) is 5.69 Å². The number of aromatic nitrogens is 2. The van der Waals surface area contributed by atoms with Crippen LogP contribution in [0.5, 0.6) is 0 Å². The molecular formula is C13H13N3O2. The highest BCUT2D eigenvalue weighted by Crippen LogP contribution is 2.10. The van der Waals surface area contributed by atoms with Crippen LogP contribution in [0.25, 0.3) is 0 Å². The minimum absolute atomic E-state index is 0.0162. The van der Waals surface area contributed by atoms with Crippen LogP contribution in [0.2, 0.25) is 0 Å². The zero-order valence-electron chi connectivity index (χ0n) is 9.92. The molecule has 1 aromatic heterocycles. The van der Waals surface area contributed by atoms with Gasteiger partial charge in [-0.25, -0.2) is 4.98 Å². The second kappa shape index (κ2) is 5.37. The highest BCUT2D eigenvalue weighted by Gasteiger charge is 2.07. The van der Waals surface area contributed by atoms with E-state index in [1.165, 1.54) is 6.20 Å². The third-order valence-electron chi connectivity index (χ3n) is 2.41. The van der Waals surface area contributed by atoms with E-state index in [1.54, 1.807) is 30.5 Å². The van der Waals surface area contributed by atoms with E-state index in [2.05, 4.69) is 15.3 Å². The zero-order chi connectivity index (χ0) is 13.0. The lowest BCUT2D eigenvalue weighted by molar-refractivity contribution is 0.102. The van der Waals surface area contributed by atoms with E-state index in [4.69, 9.17) is 5.11 Å². The topological polar surface area (TPSA) is 75.1 Å². The van der Waals surface area contributed by atoms with Gasteiger partial charge in [-0.2, -0.15) is 0 Å². The number of carbonyl (C=O) groups is 1. The summed E-state index contributed by atoms with van der Waals surface area (Å²) in [6.07, 6.45) is 2.98. The molecule has 2 rings (SSSR count). The Bertz CT molecular complexity index is 535. The molecule has 5 heteroatoms. The Kier molecular flexibility index (Phi) is 3.64. The Balaban J connectivity index is 2.08. The number of hydrogen-bond donors (Lipinski definition) is 2. The molecule has 92 valence electrons. The molecule has 18 heavy (non-hydrogen) atoms. The van der Waals surface area contributed by atoms with Gasteiger partial charge in [-0.3, -0.25) is 9.78 Å². The van der Waals surface area contributed by atoms with Gasteiger partial charge in [-0.15, -0.1) is 0 Å². The predicted molar refractivity (Wildman–Crippen MR) is 67.1 cm³/mol. The Morgan fingerprint density at radius 1 is 1.22 bits per heavy atom. The predicted octanol–water partition coefficient (Wildman–Crippen LogP) is 1.53. The third kappa shape index (κ3) is 2.89. The largest absolute Gasteiger partial charge is 0.392 e. The van der Waals surface area contributed by atoms with Crippen molar-refractivity contribution in [2.45, 2.75) is 13.5 Å². The van der Waals surface area contributed by atoms with Gasteiger partial charge in [0.05, 0.1) is 18.5 Å². The van der Waals surface area contributed by atoms with Crippen molar-refractivity contribution in [1.29, 1.82) is 0 Å². The molecular weight excluding hydrogens is 230 g/mol. The highest BCUT2D eigenvalue weighted by molar-refractivity contribution is 6.02. The lowest BCUT2D eigenvalue weighted by Gasteiger charge is -2.05. The number of nitrogens with one attached hydrogen (secondary N) is 1. The molecule has 0 bridgehead atoms. The maximum Gasteiger partial charge on any atom is 0.275 e. The summed E-state index contributed by atoms with van der Waals surface area (Å²) >= 11 is 0. The van der Waals surface area contributed by atoms with E-state index in [0.717, 1.165) is 11.3 Å². The van der Waals surface area contributed by atoms with Crippen molar-refractivity contribution in [2.75, 3.05) is 5.32 Å². The number of aliphatic hydroxyl groups excluding tert-OH is 1. The second-order valence-electron chi connectivity index (χ2n) is 3.85. The minimum Gasteiger partial charge on any atom is -0.392 e. The van der Waals surface area contributed by atoms with Gasteiger partial charge in [-0.1, -0.05) is 12.1 Å². The zero-order valence-corrected chi connectivity index (χ0v) is 9.92. The Morgan fingerprint density at radius 3 is 2.50 bits per heavy atom. The number of nitrogens with zero attached hydrogens (tertiary/aromatic N) is 2. The van der Waals surface area contributed by atoms with E-state index < -0.39 is 0 Å². The van der Waals surface area contributed by atoms with Gasteiger partial charge in [0, 0.05) is 11.9 Å². The number of anilines is 1. The first-order valence-corrected chi connectivity index (χ1v) is 5.49. The van der Waals surface area contributed by atoms with Crippen LogP contribution in [-0.4, -0.2) is 21.0 Å². The molecule has 0 aliphatic rings. The number of carbonyl (C=O) groups excluding carboxylic acids is 1. The molecule has 0 fully saturated rings. The quantitative estimate of drug-likeness (QED) is 0.857. The van der Waals surface area contributed by atoms with E-state index in [0.29, 0.717) is 5.69 Å². The lowest BCUT2D eigenvalue weighted by Crippen LogP contribution is -2.14. The molecule has 0 aliphatic heterocycles. The molecule has 1 amide bonds. The smallest absolute Gasteiger partial charge is 0.275 e. The maximum atomic E-state index is 11.8. The molecule has 0 saturated heterocycles. The van der Waals surface area contributed by atoms with Gasteiger partial charge in [0.2, 0.25) is 0 Å². The summed E-state index contributed by atoms with van der Waals surface area (Å²) in [4.78, 5) is 19.8. The summed E-state index contributed by atoms with van der Waals surface area (Å²) in [6, 6.07) is 6.95. The van der Waals surface area contributed by atoms with Gasteiger partial charge in [0.25, 0.3) is 5.91 Å². The fraction of sp³-hybridized carbons (Fsp3) is 0.154. The third-order valence-corrected chi connectivity index (χ3v) is 2.41. The normalized spacial score (nSPS) is 10.1. The minimum atomic E-state index is -0.306. The van der Waals surface area contributed by atoms with Crippen LogP contribution in [0.15, 0.2) is 36.7 Å². The molecule has 5 nitrogen and oxygen atoms in total. The summed E-state index contributed by atoms with van der Waals surface area (Å²) in [5.41, 5.74) is 2.48. The summed E-state index contributed by atoms with van der Waals surface area (Å²) in [6.45, 7) is 1.79. The monoisotopic (exact) mass is 243 g/mol. The molecule has 0 saturated carbocycles. The average Bonchev–Trinajstić information content (AvgIpc) is 2.40. The van der Waals surface area contributed by atoms with E-state index in [-0.39, 0.29) is 18.2 Å². The number of amides is 1. The summed E-state index contributed by atoms with van der Waals surface area (Å²) in [7, 11) is 0. The fourth-order valence-electron chi connectivity index (χ4n) is 1.40. The Morgan fingerprint density at radius 2 is 1.94 bits per heavy atom. The average molecular weight is 243 g/mol. The van der Waals surface area contributed by atoms with Crippen molar-refractivity contribution < 1.29 is 9.90 Å². The van der Waals surface area contributed by atoms with Crippen LogP contribution in [-0.2, 0) is 6.61 Å². The Labute approximate surface area is 105 Å². The standard InChI is InChI=1S/C13H13N3O2/c1-9-6-15-12(7-14-9)13(18)16-11-4-2-10(8-17)3-5-11/h2-7,17H,8H2,1H3,(H,16,18). The molecule has 2 N–H and O–H groups in total. The molecule has 0 atom stereocenters. The highest BCUT2D eigenvalue weighted by atomic mass is 16.3. The van der Waals surface area contributed by atoms with E-state index >= 15 is 0 Å². The van der Waals surface area contributed by atoms with Crippen LogP contribution in [0.3, 0.4) is 0 Å². The van der Waals surface area contributed by atoms with Gasteiger partial charge in [0.15, 0.2) is 0 Å². The molecule has 2 aromatic rings. The van der Waals surface area contributed by atoms with Gasteiger partial charge >= 0.3 is 0 Å². The summed E-state index contributed by atoms with van der Waals surface area (Å²) < 4.78 is 0. The van der Waals surface area contributed by atoms with Crippen molar-refractivity contribution in [1.82, 2.24) is 9.97 Å².